The molecule has 0 spiro atoms. The first kappa shape index (κ1) is 29.7. The van der Waals surface area contributed by atoms with E-state index < -0.39 is 19.7 Å². The van der Waals surface area contributed by atoms with Gasteiger partial charge < -0.3 is 9.05 Å². The third kappa shape index (κ3) is 10.7. The molecule has 4 amide bonds. The minimum Gasteiger partial charge on any atom is -0.395 e. The molecule has 2 aliphatic heterocycles. The third-order valence-electron chi connectivity index (χ3n) is 4.67. The first-order valence-electron chi connectivity index (χ1n) is 10.4. The maximum Gasteiger partial charge on any atom is 0.405 e. The van der Waals surface area contributed by atoms with E-state index in [1.807, 2.05) is 0 Å². The number of halogens is 2. The summed E-state index contributed by atoms with van der Waals surface area (Å²) in [5.74, 6) is -2.53. The second-order valence-electron chi connectivity index (χ2n) is 7.08. The lowest BCUT2D eigenvalue weighted by atomic mass is 10.2. The van der Waals surface area contributed by atoms with Crippen molar-refractivity contribution >= 4 is 66.3 Å². The van der Waals surface area contributed by atoms with Crippen molar-refractivity contribution in [3.8, 4) is 0 Å². The monoisotopic (exact) mass is 537 g/mol. The predicted molar refractivity (Wildman–Crippen MR) is 124 cm³/mol. The Balaban J connectivity index is 0.00000281. The van der Waals surface area contributed by atoms with Crippen LogP contribution in [0, 0.1) is 0 Å². The molecule has 11 nitrogen and oxygen atoms in total. The molecule has 0 aromatic rings. The van der Waals surface area contributed by atoms with Crippen LogP contribution >= 0.6 is 30.7 Å². The van der Waals surface area contributed by atoms with Crippen LogP contribution in [0.1, 0.15) is 51.4 Å². The van der Waals surface area contributed by atoms with E-state index in [2.05, 4.69) is 17.0 Å². The fourth-order valence-corrected chi connectivity index (χ4v) is 4.01. The van der Waals surface area contributed by atoms with E-state index in [0.29, 0.717) is 51.6 Å². The van der Waals surface area contributed by atoms with Crippen LogP contribution in [0.3, 0.4) is 0 Å². The predicted octanol–water partition coefficient (Wildman–Crippen LogP) is 2.61. The number of amides is 4. The summed E-state index contributed by atoms with van der Waals surface area (Å²) in [5, 5.41) is 3.97. The number of carbonyl (C=O) groups is 6. The highest BCUT2D eigenvalue weighted by atomic mass is 35.7. The summed E-state index contributed by atoms with van der Waals surface area (Å²) in [4.78, 5) is 71.4. The Morgan fingerprint density at radius 3 is 1.32 bits per heavy atom. The molecule has 0 radical (unpaired) electrons. The molecule has 0 saturated carbocycles. The van der Waals surface area contributed by atoms with E-state index in [1.165, 1.54) is 24.3 Å². The van der Waals surface area contributed by atoms with Gasteiger partial charge in [-0.15, -0.1) is 0 Å². The largest absolute Gasteiger partial charge is 0.405 e. The van der Waals surface area contributed by atoms with Crippen LogP contribution in [0.5, 0.6) is 0 Å². The lowest BCUT2D eigenvalue weighted by Gasteiger charge is -2.13. The van der Waals surface area contributed by atoms with Gasteiger partial charge in [-0.2, -0.15) is 0 Å². The topological polar surface area (TPSA) is 153 Å². The lowest BCUT2D eigenvalue weighted by Crippen LogP contribution is -2.30. The van der Waals surface area contributed by atoms with Crippen LogP contribution in [0.15, 0.2) is 24.3 Å². The number of imide groups is 2. The van der Waals surface area contributed by atoms with Crippen LogP contribution in [0.4, 0.5) is 0 Å². The Kier molecular flexibility index (Phi) is 14.3. The van der Waals surface area contributed by atoms with Crippen molar-refractivity contribution in [2.45, 2.75) is 51.4 Å². The minimum absolute atomic E-state index is 0.0754. The Morgan fingerprint density at radius 2 is 1.00 bits per heavy atom. The summed E-state index contributed by atoms with van der Waals surface area (Å²) in [5.41, 5.74) is 0. The summed E-state index contributed by atoms with van der Waals surface area (Å²) >= 11 is 9.93. The van der Waals surface area contributed by atoms with Gasteiger partial charge in [0.05, 0.1) is 0 Å². The molecule has 14 heteroatoms. The zero-order valence-corrected chi connectivity index (χ0v) is 20.7. The van der Waals surface area contributed by atoms with Gasteiger partial charge in [-0.1, -0.05) is 12.8 Å². The van der Waals surface area contributed by atoms with Crippen LogP contribution in [0.25, 0.3) is 0 Å². The van der Waals surface area contributed by atoms with Crippen molar-refractivity contribution in [1.29, 1.82) is 0 Å². The standard InChI is InChI=1S/C20H24ClN2O8P.ClH2N/c21-32(30-19(28)7-3-1-5-13-22-15(24)9-10-16(22)25)31-20(29)8-4-2-6-14-23-17(26)11-12-18(23)27;1-2/h9-12H,1-8,13-14H2;2H2. The van der Waals surface area contributed by atoms with Gasteiger partial charge in [0.15, 0.2) is 0 Å². The van der Waals surface area contributed by atoms with Gasteiger partial charge in [0.1, 0.15) is 0 Å². The zero-order chi connectivity index (χ0) is 25.5. The molecular weight excluding hydrogens is 512 g/mol. The van der Waals surface area contributed by atoms with E-state index >= 15 is 0 Å². The number of hydrogen-bond acceptors (Lipinski definition) is 9. The molecule has 0 saturated heterocycles. The molecule has 0 aromatic heterocycles. The molecule has 0 unspecified atom stereocenters. The average Bonchev–Trinajstić information content (AvgIpc) is 3.29. The highest BCUT2D eigenvalue weighted by Crippen LogP contribution is 2.44. The SMILES string of the molecule is NCl.O=C(CCCCCN1C(=O)C=CC1=O)OP(Cl)OC(=O)CCCCCN1C(=O)C=CC1=O. The summed E-state index contributed by atoms with van der Waals surface area (Å²) in [6, 6.07) is 0. The van der Waals surface area contributed by atoms with Crippen molar-refractivity contribution < 1.29 is 37.8 Å². The molecule has 0 aromatic carbocycles. The van der Waals surface area contributed by atoms with E-state index in [1.54, 1.807) is 0 Å². The third-order valence-corrected chi connectivity index (χ3v) is 5.78. The Labute approximate surface area is 208 Å². The Hall–Kier alpha value is -2.33. The van der Waals surface area contributed by atoms with Crippen LogP contribution < -0.4 is 5.25 Å². The van der Waals surface area contributed by atoms with Gasteiger partial charge in [-0.25, -0.2) is 5.25 Å². The molecule has 0 aliphatic carbocycles. The fourth-order valence-electron chi connectivity index (χ4n) is 3.01. The van der Waals surface area contributed by atoms with Gasteiger partial charge in [0.25, 0.3) is 23.6 Å². The summed E-state index contributed by atoms with van der Waals surface area (Å²) in [6.07, 6.45) is 8.34. The average molecular weight is 538 g/mol. The molecule has 0 fully saturated rings. The first-order valence-corrected chi connectivity index (χ1v) is 13.0. The van der Waals surface area contributed by atoms with Gasteiger partial charge in [0.2, 0.25) is 0 Å². The van der Waals surface area contributed by atoms with Crippen LogP contribution in [0.2, 0.25) is 0 Å². The number of hydrogen-bond donors (Lipinski definition) is 1. The van der Waals surface area contributed by atoms with Crippen molar-refractivity contribution in [3.63, 3.8) is 0 Å². The number of carbonyl (C=O) groups excluding carboxylic acids is 6. The number of rotatable bonds is 14. The molecule has 188 valence electrons. The van der Waals surface area contributed by atoms with E-state index in [-0.39, 0.29) is 36.5 Å². The zero-order valence-electron chi connectivity index (χ0n) is 18.3. The smallest absolute Gasteiger partial charge is 0.395 e. The quantitative estimate of drug-likeness (QED) is 0.152. The fraction of sp³-hybridized carbons (Fsp3) is 0.500. The second-order valence-corrected chi connectivity index (χ2v) is 8.70. The molecular formula is C20H26Cl2N3O8P. The van der Waals surface area contributed by atoms with E-state index in [9.17, 15) is 28.8 Å². The second kappa shape index (κ2) is 16.3. The van der Waals surface area contributed by atoms with Crippen molar-refractivity contribution in [2.24, 2.45) is 5.25 Å². The maximum absolute atomic E-state index is 11.8. The summed E-state index contributed by atoms with van der Waals surface area (Å²) < 4.78 is 9.77. The van der Waals surface area contributed by atoms with Gasteiger partial charge in [0, 0.05) is 50.2 Å². The number of unbranched alkanes of at least 4 members (excludes halogenated alkanes) is 4. The van der Waals surface area contributed by atoms with E-state index in [0.717, 1.165) is 9.80 Å². The molecule has 0 atom stereocenters. The van der Waals surface area contributed by atoms with Crippen molar-refractivity contribution in [2.75, 3.05) is 13.1 Å². The molecule has 2 N–H and O–H groups in total. The first-order chi connectivity index (χ1) is 16.3. The Bertz CT molecular complexity index is 735. The molecule has 34 heavy (non-hydrogen) atoms. The lowest BCUT2D eigenvalue weighted by molar-refractivity contribution is -0.139. The van der Waals surface area contributed by atoms with Crippen LogP contribution in [-0.4, -0.2) is 58.5 Å². The molecule has 2 aliphatic rings. The minimum atomic E-state index is -2.19. The van der Waals surface area contributed by atoms with Crippen molar-refractivity contribution in [3.05, 3.63) is 24.3 Å². The number of nitrogens with two attached hydrogens (primary N) is 1. The maximum atomic E-state index is 11.8. The van der Waals surface area contributed by atoms with Gasteiger partial charge in [-0.05, 0) is 48.7 Å². The molecule has 2 heterocycles. The molecule has 0 bridgehead atoms. The molecule has 2 rings (SSSR count). The van der Waals surface area contributed by atoms with Gasteiger partial charge in [-0.3, -0.25) is 38.6 Å². The summed E-state index contributed by atoms with van der Waals surface area (Å²) in [7, 11) is -2.19. The highest BCUT2D eigenvalue weighted by Gasteiger charge is 2.23. The van der Waals surface area contributed by atoms with Crippen molar-refractivity contribution in [1.82, 2.24) is 9.80 Å². The normalized spacial score (nSPS) is 14.7. The van der Waals surface area contributed by atoms with E-state index in [4.69, 9.17) is 20.3 Å². The number of nitrogens with zero attached hydrogens (tertiary/aromatic N) is 2. The highest BCUT2D eigenvalue weighted by molar-refractivity contribution is 7.76. The Morgan fingerprint density at radius 1 is 0.676 bits per heavy atom. The van der Waals surface area contributed by atoms with Gasteiger partial charge >= 0.3 is 19.7 Å². The summed E-state index contributed by atoms with van der Waals surface area (Å²) in [6.45, 7) is 0.585. The van der Waals surface area contributed by atoms with Crippen LogP contribution in [-0.2, 0) is 37.8 Å².